The number of carbonyl (C=O) groups is 1. The molecular weight excluding hydrogens is 232 g/mol. The molecule has 0 N–H and O–H groups in total. The second kappa shape index (κ2) is 4.33. The monoisotopic (exact) mass is 260 g/mol. The number of hydrogen-bond donors (Lipinski definition) is 0. The van der Waals surface area contributed by atoms with E-state index in [0.717, 1.165) is 42.4 Å². The lowest BCUT2D eigenvalue weighted by molar-refractivity contribution is -0.127. The zero-order valence-electron chi connectivity index (χ0n) is 12.4. The summed E-state index contributed by atoms with van der Waals surface area (Å²) in [6, 6.07) is 0. The van der Waals surface area contributed by atoms with Crippen LogP contribution in [0.2, 0.25) is 0 Å². The maximum absolute atomic E-state index is 11.7. The minimum Gasteiger partial charge on any atom is -0.300 e. The Balaban J connectivity index is 1.58. The van der Waals surface area contributed by atoms with Gasteiger partial charge in [-0.25, -0.2) is 0 Å². The van der Waals surface area contributed by atoms with Gasteiger partial charge in [0.1, 0.15) is 5.78 Å². The Kier molecular flexibility index (Phi) is 2.83. The third-order valence-electron chi connectivity index (χ3n) is 7.55. The molecule has 0 aromatic rings. The van der Waals surface area contributed by atoms with Crippen LogP contribution in [-0.2, 0) is 4.79 Å². The van der Waals surface area contributed by atoms with E-state index in [1.165, 1.54) is 51.4 Å². The van der Waals surface area contributed by atoms with Gasteiger partial charge in [-0.2, -0.15) is 0 Å². The van der Waals surface area contributed by atoms with Crippen molar-refractivity contribution in [1.82, 2.24) is 0 Å². The predicted molar refractivity (Wildman–Crippen MR) is 76.7 cm³/mol. The quantitative estimate of drug-likeness (QED) is 0.622. The number of hydrogen-bond acceptors (Lipinski definition) is 1. The van der Waals surface area contributed by atoms with Crippen LogP contribution in [0.1, 0.15) is 71.1 Å². The van der Waals surface area contributed by atoms with Crippen molar-refractivity contribution >= 4 is 5.78 Å². The van der Waals surface area contributed by atoms with Crippen molar-refractivity contribution in [3.63, 3.8) is 0 Å². The highest BCUT2D eigenvalue weighted by Gasteiger charge is 2.53. The number of fused-ring (bicyclic) bond motifs is 5. The molecule has 0 radical (unpaired) electrons. The van der Waals surface area contributed by atoms with Crippen LogP contribution in [0.3, 0.4) is 0 Å². The van der Waals surface area contributed by atoms with Crippen LogP contribution < -0.4 is 0 Å². The van der Waals surface area contributed by atoms with E-state index in [9.17, 15) is 4.79 Å². The molecule has 0 aromatic heterocycles. The first-order valence-corrected chi connectivity index (χ1v) is 8.69. The molecule has 0 bridgehead atoms. The molecule has 4 rings (SSSR count). The maximum atomic E-state index is 11.7. The molecule has 1 nitrogen and oxygen atoms in total. The van der Waals surface area contributed by atoms with Gasteiger partial charge in [-0.15, -0.1) is 0 Å². The highest BCUT2D eigenvalue weighted by Crippen LogP contribution is 2.62. The first-order chi connectivity index (χ1) is 9.17. The lowest BCUT2D eigenvalue weighted by Crippen LogP contribution is -2.47. The van der Waals surface area contributed by atoms with Gasteiger partial charge in [0.25, 0.3) is 0 Å². The summed E-state index contributed by atoms with van der Waals surface area (Å²) in [5, 5.41) is 0. The summed E-state index contributed by atoms with van der Waals surface area (Å²) < 4.78 is 0. The van der Waals surface area contributed by atoms with Gasteiger partial charge in [0.2, 0.25) is 0 Å². The molecule has 19 heavy (non-hydrogen) atoms. The summed E-state index contributed by atoms with van der Waals surface area (Å²) in [6.07, 6.45) is 13.3. The molecule has 0 heterocycles. The highest BCUT2D eigenvalue weighted by molar-refractivity contribution is 5.79. The minimum absolute atomic E-state index is 0.557. The van der Waals surface area contributed by atoms with E-state index in [4.69, 9.17) is 0 Å². The van der Waals surface area contributed by atoms with Crippen LogP contribution in [0.5, 0.6) is 0 Å². The van der Waals surface area contributed by atoms with Crippen molar-refractivity contribution in [3.05, 3.63) is 0 Å². The van der Waals surface area contributed by atoms with Crippen LogP contribution in [0, 0.1) is 35.0 Å². The predicted octanol–water partition coefficient (Wildman–Crippen LogP) is 4.60. The van der Waals surface area contributed by atoms with E-state index in [1.54, 1.807) is 0 Å². The van der Waals surface area contributed by atoms with Crippen LogP contribution in [-0.4, -0.2) is 5.78 Å². The molecule has 0 aromatic carbocycles. The van der Waals surface area contributed by atoms with Crippen molar-refractivity contribution in [2.45, 2.75) is 71.1 Å². The van der Waals surface area contributed by atoms with Gasteiger partial charge in [-0.3, -0.25) is 4.79 Å². The number of rotatable bonds is 0. The van der Waals surface area contributed by atoms with Gasteiger partial charge in [-0.1, -0.05) is 13.3 Å². The second-order valence-electron chi connectivity index (χ2n) is 8.30. The molecule has 4 aliphatic rings. The third-order valence-corrected chi connectivity index (χ3v) is 7.55. The molecule has 4 saturated carbocycles. The third kappa shape index (κ3) is 1.83. The van der Waals surface area contributed by atoms with Gasteiger partial charge in [0.05, 0.1) is 0 Å². The second-order valence-corrected chi connectivity index (χ2v) is 8.30. The van der Waals surface area contributed by atoms with Gasteiger partial charge < -0.3 is 0 Å². The first-order valence-electron chi connectivity index (χ1n) is 8.69. The summed E-state index contributed by atoms with van der Waals surface area (Å²) in [7, 11) is 0. The fraction of sp³-hybridized carbons (Fsp3) is 0.944. The van der Waals surface area contributed by atoms with E-state index >= 15 is 0 Å². The summed E-state index contributed by atoms with van der Waals surface area (Å²) in [5.41, 5.74) is 0.693. The Morgan fingerprint density at radius 2 is 1.84 bits per heavy atom. The molecule has 0 spiro atoms. The standard InChI is InChI=1S/C18H28O/c1-18-9-2-3-17(18)16-6-4-12-11-13(19)5-7-14(12)15(16)8-10-18/h12,14-17H,2-11H2,1H3/t12-,14-,15+,16+,17-,18-/m0/s1. The lowest BCUT2D eigenvalue weighted by Gasteiger charge is -2.54. The summed E-state index contributed by atoms with van der Waals surface area (Å²) in [5.74, 6) is 5.29. The summed E-state index contributed by atoms with van der Waals surface area (Å²) >= 11 is 0. The number of Topliss-reactive ketones (excluding diaryl/α,β-unsaturated/α-hetero) is 1. The van der Waals surface area contributed by atoms with Crippen LogP contribution >= 0.6 is 0 Å². The van der Waals surface area contributed by atoms with Crippen LogP contribution in [0.25, 0.3) is 0 Å². The van der Waals surface area contributed by atoms with Crippen molar-refractivity contribution in [3.8, 4) is 0 Å². The van der Waals surface area contributed by atoms with Crippen molar-refractivity contribution < 1.29 is 4.79 Å². The van der Waals surface area contributed by atoms with Crippen molar-refractivity contribution in [2.24, 2.45) is 35.0 Å². The Morgan fingerprint density at radius 1 is 0.947 bits per heavy atom. The Labute approximate surface area is 117 Å². The SMILES string of the molecule is C[C@@]12CCC[C@H]1[C@@H]1CC[C@H]3CC(=O)CC[C@@H]3[C@H]1CC2. The zero-order valence-corrected chi connectivity index (χ0v) is 12.4. The van der Waals surface area contributed by atoms with Gasteiger partial charge >= 0.3 is 0 Å². The molecule has 4 fully saturated rings. The number of ketones is 1. The molecule has 6 atom stereocenters. The van der Waals surface area contributed by atoms with Gasteiger partial charge in [-0.05, 0) is 80.0 Å². The summed E-state index contributed by atoms with van der Waals surface area (Å²) in [6.45, 7) is 2.58. The highest BCUT2D eigenvalue weighted by atomic mass is 16.1. The molecule has 0 amide bonds. The minimum atomic E-state index is 0.557. The maximum Gasteiger partial charge on any atom is 0.133 e. The topological polar surface area (TPSA) is 17.1 Å². The molecular formula is C18H28O. The van der Waals surface area contributed by atoms with Gasteiger partial charge in [0, 0.05) is 12.8 Å². The molecule has 0 saturated heterocycles. The normalized spacial score (nSPS) is 53.3. The number of carbonyl (C=O) groups excluding carboxylic acids is 1. The van der Waals surface area contributed by atoms with Gasteiger partial charge in [0.15, 0.2) is 0 Å². The fourth-order valence-electron chi connectivity index (χ4n) is 6.65. The van der Waals surface area contributed by atoms with E-state index < -0.39 is 0 Å². The Bertz CT molecular complexity index is 387. The molecule has 106 valence electrons. The fourth-order valence-corrected chi connectivity index (χ4v) is 6.65. The molecule has 0 unspecified atom stereocenters. The van der Waals surface area contributed by atoms with Crippen LogP contribution in [0.15, 0.2) is 0 Å². The first kappa shape index (κ1) is 12.4. The van der Waals surface area contributed by atoms with Crippen molar-refractivity contribution in [2.75, 3.05) is 0 Å². The van der Waals surface area contributed by atoms with E-state index in [2.05, 4.69) is 6.92 Å². The molecule has 1 heteroatoms. The zero-order chi connectivity index (χ0) is 13.0. The van der Waals surface area contributed by atoms with Crippen LogP contribution in [0.4, 0.5) is 0 Å². The largest absolute Gasteiger partial charge is 0.300 e. The summed E-state index contributed by atoms with van der Waals surface area (Å²) in [4.78, 5) is 11.7. The average molecular weight is 260 g/mol. The molecule has 0 aliphatic heterocycles. The Morgan fingerprint density at radius 3 is 2.74 bits per heavy atom. The lowest BCUT2D eigenvalue weighted by atomic mass is 9.51. The molecule has 4 aliphatic carbocycles. The van der Waals surface area contributed by atoms with E-state index in [1.807, 2.05) is 0 Å². The van der Waals surface area contributed by atoms with E-state index in [0.29, 0.717) is 11.2 Å². The average Bonchev–Trinajstić information content (AvgIpc) is 2.79. The van der Waals surface area contributed by atoms with Crippen molar-refractivity contribution in [1.29, 1.82) is 0 Å². The van der Waals surface area contributed by atoms with E-state index in [-0.39, 0.29) is 0 Å². The Hall–Kier alpha value is -0.330. The smallest absolute Gasteiger partial charge is 0.133 e.